The number of hydrogen-bond donors (Lipinski definition) is 2. The van der Waals surface area contributed by atoms with Crippen molar-refractivity contribution >= 4 is 28.3 Å². The zero-order chi connectivity index (χ0) is 15.3. The Morgan fingerprint density at radius 3 is 2.45 bits per heavy atom. The fraction of sp³-hybridized carbons (Fsp3) is 0.929. The Labute approximate surface area is 139 Å². The topological polar surface area (TPSA) is 78.5 Å². The number of amides is 1. The first-order valence-electron chi connectivity index (χ1n) is 8.04. The van der Waals surface area contributed by atoms with E-state index in [9.17, 15) is 13.2 Å². The monoisotopic (exact) mass is 353 g/mol. The highest BCUT2D eigenvalue weighted by Crippen LogP contribution is 2.16. The molecule has 130 valence electrons. The van der Waals surface area contributed by atoms with Gasteiger partial charge in [0, 0.05) is 19.1 Å². The summed E-state index contributed by atoms with van der Waals surface area (Å²) >= 11 is 0. The van der Waals surface area contributed by atoms with Crippen LogP contribution in [0.15, 0.2) is 0 Å². The van der Waals surface area contributed by atoms with E-state index in [-0.39, 0.29) is 36.2 Å². The van der Waals surface area contributed by atoms with Crippen molar-refractivity contribution in [2.45, 2.75) is 57.5 Å². The third-order valence-corrected chi connectivity index (χ3v) is 6.36. The largest absolute Gasteiger partial charge is 0.352 e. The summed E-state index contributed by atoms with van der Waals surface area (Å²) in [4.78, 5) is 12.1. The molecule has 1 atom stereocenters. The van der Waals surface area contributed by atoms with E-state index in [0.717, 1.165) is 25.8 Å². The van der Waals surface area contributed by atoms with Gasteiger partial charge in [0.1, 0.15) is 0 Å². The lowest BCUT2D eigenvalue weighted by atomic mass is 10.0. The van der Waals surface area contributed by atoms with Crippen LogP contribution in [0.3, 0.4) is 0 Å². The van der Waals surface area contributed by atoms with E-state index in [1.807, 2.05) is 6.92 Å². The van der Waals surface area contributed by atoms with Gasteiger partial charge in [-0.15, -0.1) is 12.4 Å². The highest BCUT2D eigenvalue weighted by molar-refractivity contribution is 7.89. The minimum atomic E-state index is -3.10. The van der Waals surface area contributed by atoms with Crippen molar-refractivity contribution in [1.82, 2.24) is 14.9 Å². The molecule has 0 aromatic heterocycles. The summed E-state index contributed by atoms with van der Waals surface area (Å²) in [5.74, 6) is 0.292. The van der Waals surface area contributed by atoms with Gasteiger partial charge in [-0.1, -0.05) is 13.3 Å². The zero-order valence-electron chi connectivity index (χ0n) is 13.2. The Balaban J connectivity index is 0.00000242. The van der Waals surface area contributed by atoms with Gasteiger partial charge >= 0.3 is 0 Å². The molecule has 2 saturated heterocycles. The Morgan fingerprint density at radius 2 is 1.91 bits per heavy atom. The van der Waals surface area contributed by atoms with Crippen LogP contribution in [0.25, 0.3) is 0 Å². The van der Waals surface area contributed by atoms with E-state index in [1.165, 1.54) is 0 Å². The van der Waals surface area contributed by atoms with Crippen molar-refractivity contribution in [2.24, 2.45) is 0 Å². The lowest BCUT2D eigenvalue weighted by molar-refractivity contribution is -0.124. The van der Waals surface area contributed by atoms with Crippen molar-refractivity contribution in [3.8, 4) is 0 Å². The van der Waals surface area contributed by atoms with Crippen molar-refractivity contribution < 1.29 is 13.2 Å². The van der Waals surface area contributed by atoms with Crippen LogP contribution in [0.1, 0.15) is 45.4 Å². The average Bonchev–Trinajstić information content (AvgIpc) is 2.48. The molecule has 2 aliphatic rings. The second kappa shape index (κ2) is 9.05. The molecular formula is C14H28ClN3O3S. The maximum absolute atomic E-state index is 12.1. The number of hydrogen-bond acceptors (Lipinski definition) is 4. The van der Waals surface area contributed by atoms with Crippen molar-refractivity contribution in [1.29, 1.82) is 0 Å². The van der Waals surface area contributed by atoms with Gasteiger partial charge in [0.15, 0.2) is 0 Å². The number of rotatable bonds is 5. The lowest BCUT2D eigenvalue weighted by Gasteiger charge is -2.33. The molecule has 2 rings (SSSR count). The molecule has 8 heteroatoms. The van der Waals surface area contributed by atoms with Gasteiger partial charge in [0.25, 0.3) is 0 Å². The maximum Gasteiger partial charge on any atom is 0.237 e. The van der Waals surface area contributed by atoms with Crippen LogP contribution < -0.4 is 10.6 Å². The first kappa shape index (κ1) is 19.7. The van der Waals surface area contributed by atoms with Crippen LogP contribution in [-0.2, 0) is 14.8 Å². The normalized spacial score (nSPS) is 24.5. The third-order valence-electron chi connectivity index (χ3n) is 4.28. The number of carbonyl (C=O) groups is 1. The molecular weight excluding hydrogens is 326 g/mol. The first-order valence-corrected chi connectivity index (χ1v) is 9.65. The SMILES string of the molecule is CCCS(=O)(=O)N1CCC(NC(=O)[C@@H]2CCCCN2)CC1.Cl. The Hall–Kier alpha value is -0.370. The minimum absolute atomic E-state index is 0. The smallest absolute Gasteiger partial charge is 0.237 e. The van der Waals surface area contributed by atoms with Crippen molar-refractivity contribution in [2.75, 3.05) is 25.4 Å². The van der Waals surface area contributed by atoms with E-state index in [1.54, 1.807) is 4.31 Å². The number of halogens is 1. The van der Waals surface area contributed by atoms with E-state index in [2.05, 4.69) is 10.6 Å². The van der Waals surface area contributed by atoms with Crippen LogP contribution in [0, 0.1) is 0 Å². The molecule has 6 nitrogen and oxygen atoms in total. The Morgan fingerprint density at radius 1 is 1.23 bits per heavy atom. The fourth-order valence-electron chi connectivity index (χ4n) is 3.04. The molecule has 1 amide bonds. The van der Waals surface area contributed by atoms with Crippen LogP contribution in [-0.4, -0.2) is 56.1 Å². The number of nitrogens with one attached hydrogen (secondary N) is 2. The number of carbonyl (C=O) groups excluding carboxylic acids is 1. The predicted octanol–water partition coefficient (Wildman–Crippen LogP) is 0.871. The van der Waals surface area contributed by atoms with Gasteiger partial charge < -0.3 is 10.6 Å². The Kier molecular flexibility index (Phi) is 8.10. The molecule has 22 heavy (non-hydrogen) atoms. The second-order valence-corrected chi connectivity index (χ2v) is 8.09. The first-order chi connectivity index (χ1) is 10.0. The summed E-state index contributed by atoms with van der Waals surface area (Å²) in [6.45, 7) is 3.82. The summed E-state index contributed by atoms with van der Waals surface area (Å²) in [7, 11) is -3.10. The molecule has 0 aromatic carbocycles. The van der Waals surface area contributed by atoms with Crippen molar-refractivity contribution in [3.63, 3.8) is 0 Å². The molecule has 2 aliphatic heterocycles. The molecule has 2 heterocycles. The van der Waals surface area contributed by atoms with Gasteiger partial charge in [0.2, 0.25) is 15.9 Å². The number of nitrogens with zero attached hydrogens (tertiary/aromatic N) is 1. The van der Waals surface area contributed by atoms with E-state index in [0.29, 0.717) is 32.4 Å². The summed E-state index contributed by atoms with van der Waals surface area (Å²) in [6, 6.07) is 0.0370. The van der Waals surface area contributed by atoms with Gasteiger partial charge in [-0.2, -0.15) is 0 Å². The van der Waals surface area contributed by atoms with E-state index >= 15 is 0 Å². The van der Waals surface area contributed by atoms with E-state index < -0.39 is 10.0 Å². The highest BCUT2D eigenvalue weighted by atomic mass is 35.5. The van der Waals surface area contributed by atoms with Crippen molar-refractivity contribution in [3.05, 3.63) is 0 Å². The fourth-order valence-corrected chi connectivity index (χ4v) is 4.58. The summed E-state index contributed by atoms with van der Waals surface area (Å²) in [6.07, 6.45) is 5.20. The van der Waals surface area contributed by atoms with Crippen LogP contribution in [0.5, 0.6) is 0 Å². The summed E-state index contributed by atoms with van der Waals surface area (Å²) in [5, 5.41) is 6.31. The molecule has 2 fully saturated rings. The standard InChI is InChI=1S/C14H27N3O3S.ClH/c1-2-11-21(19,20)17-9-6-12(7-10-17)16-14(18)13-5-3-4-8-15-13;/h12-13,15H,2-11H2,1H3,(H,16,18);1H/t13-;/m0./s1. The quantitative estimate of drug-likeness (QED) is 0.768. The average molecular weight is 354 g/mol. The van der Waals surface area contributed by atoms with Crippen LogP contribution in [0.2, 0.25) is 0 Å². The number of piperidine rings is 2. The predicted molar refractivity (Wildman–Crippen MR) is 89.7 cm³/mol. The third kappa shape index (κ3) is 5.37. The molecule has 0 bridgehead atoms. The van der Waals surface area contributed by atoms with Crippen LogP contribution in [0.4, 0.5) is 0 Å². The van der Waals surface area contributed by atoms with Gasteiger partial charge in [0.05, 0.1) is 11.8 Å². The second-order valence-electron chi connectivity index (χ2n) is 6.00. The molecule has 0 radical (unpaired) electrons. The highest BCUT2D eigenvalue weighted by Gasteiger charge is 2.29. The zero-order valence-corrected chi connectivity index (χ0v) is 14.8. The molecule has 0 aliphatic carbocycles. The lowest BCUT2D eigenvalue weighted by Crippen LogP contribution is -2.52. The maximum atomic E-state index is 12.1. The molecule has 0 spiro atoms. The molecule has 0 saturated carbocycles. The molecule has 0 aromatic rings. The van der Waals surface area contributed by atoms with Crippen LogP contribution >= 0.6 is 12.4 Å². The van der Waals surface area contributed by atoms with Gasteiger partial charge in [-0.25, -0.2) is 12.7 Å². The summed E-state index contributed by atoms with van der Waals surface area (Å²) < 4.78 is 25.5. The van der Waals surface area contributed by atoms with E-state index in [4.69, 9.17) is 0 Å². The summed E-state index contributed by atoms with van der Waals surface area (Å²) in [5.41, 5.74) is 0. The minimum Gasteiger partial charge on any atom is -0.352 e. The molecule has 0 unspecified atom stereocenters. The van der Waals surface area contributed by atoms with Gasteiger partial charge in [-0.3, -0.25) is 4.79 Å². The van der Waals surface area contributed by atoms with Gasteiger partial charge in [-0.05, 0) is 38.6 Å². The number of sulfonamides is 1. The Bertz CT molecular complexity index is 444. The molecule has 2 N–H and O–H groups in total.